The Morgan fingerprint density at radius 1 is 1.50 bits per heavy atom. The molecule has 1 aliphatic carbocycles. The Kier molecular flexibility index (Phi) is 2.28. The van der Waals surface area contributed by atoms with Gasteiger partial charge >= 0.3 is 12.1 Å². The molecule has 0 saturated heterocycles. The van der Waals surface area contributed by atoms with Gasteiger partial charge in [0.2, 0.25) is 0 Å². The molecule has 0 spiro atoms. The predicted octanol–water partition coefficient (Wildman–Crippen LogP) is 1.80. The molecule has 100 valence electrons. The van der Waals surface area contributed by atoms with Gasteiger partial charge in [0.05, 0.1) is 0 Å². The van der Waals surface area contributed by atoms with Crippen LogP contribution in [-0.2, 0) is 23.4 Å². The molecule has 18 heavy (non-hydrogen) atoms. The van der Waals surface area contributed by atoms with E-state index < -0.39 is 41.2 Å². The van der Waals surface area contributed by atoms with Crippen molar-refractivity contribution in [2.75, 3.05) is 0 Å². The summed E-state index contributed by atoms with van der Waals surface area (Å²) in [6.07, 6.45) is -5.44. The van der Waals surface area contributed by atoms with Gasteiger partial charge in [0.1, 0.15) is 0 Å². The van der Waals surface area contributed by atoms with Crippen molar-refractivity contribution in [3.8, 4) is 0 Å². The van der Waals surface area contributed by atoms with Gasteiger partial charge in [-0.2, -0.15) is 18.3 Å². The van der Waals surface area contributed by atoms with Crippen molar-refractivity contribution in [2.24, 2.45) is 7.05 Å². The molecule has 0 bridgehead atoms. The van der Waals surface area contributed by atoms with E-state index >= 15 is 0 Å². The van der Waals surface area contributed by atoms with Gasteiger partial charge in [-0.1, -0.05) is 0 Å². The molecule has 0 amide bonds. The van der Waals surface area contributed by atoms with E-state index in [0.29, 0.717) is 10.9 Å². The Balaban J connectivity index is 2.62. The Morgan fingerprint density at radius 3 is 2.33 bits per heavy atom. The molecular weight excluding hydrogens is 263 g/mol. The molecule has 0 aliphatic heterocycles. The molecule has 4 nitrogen and oxygen atoms in total. The minimum atomic E-state index is -4.97. The number of nitrogens with zero attached hydrogens (tertiary/aromatic N) is 2. The van der Waals surface area contributed by atoms with Crippen molar-refractivity contribution >= 4 is 5.97 Å². The zero-order valence-electron chi connectivity index (χ0n) is 8.92. The highest BCUT2D eigenvalue weighted by atomic mass is 19.4. The molecule has 0 radical (unpaired) electrons. The molecule has 1 N–H and O–H groups in total. The maximum absolute atomic E-state index is 13.2. The highest BCUT2D eigenvalue weighted by Gasteiger charge is 2.79. The highest BCUT2D eigenvalue weighted by Crippen LogP contribution is 2.63. The van der Waals surface area contributed by atoms with Crippen LogP contribution < -0.4 is 0 Å². The third-order valence-electron chi connectivity index (χ3n) is 2.91. The van der Waals surface area contributed by atoms with Crippen LogP contribution in [0, 0.1) is 0 Å². The number of hydrogen-bond donors (Lipinski definition) is 1. The van der Waals surface area contributed by atoms with E-state index in [1.807, 2.05) is 0 Å². The average molecular weight is 270 g/mol. The van der Waals surface area contributed by atoms with Crippen molar-refractivity contribution in [3.05, 3.63) is 17.5 Å². The number of rotatable bonds is 2. The second-order valence-corrected chi connectivity index (χ2v) is 4.15. The van der Waals surface area contributed by atoms with Crippen LogP contribution in [0.4, 0.5) is 22.0 Å². The number of hydrogen-bond acceptors (Lipinski definition) is 2. The Bertz CT molecular complexity index is 522. The molecule has 1 fully saturated rings. The van der Waals surface area contributed by atoms with E-state index in [1.54, 1.807) is 0 Å². The lowest BCUT2D eigenvalue weighted by Gasteiger charge is -2.12. The van der Waals surface area contributed by atoms with Crippen LogP contribution >= 0.6 is 0 Å². The highest BCUT2D eigenvalue weighted by molar-refractivity contribution is 5.88. The average Bonchev–Trinajstić information content (AvgIpc) is 2.56. The topological polar surface area (TPSA) is 55.1 Å². The molecule has 2 rings (SSSR count). The SMILES string of the molecule is Cn1cc(C2(C(=O)O)CC2(F)F)c(C(F)(F)F)n1. The van der Waals surface area contributed by atoms with Crippen molar-refractivity contribution in [1.29, 1.82) is 0 Å². The maximum atomic E-state index is 13.2. The van der Waals surface area contributed by atoms with E-state index in [2.05, 4.69) is 5.10 Å². The smallest absolute Gasteiger partial charge is 0.435 e. The summed E-state index contributed by atoms with van der Waals surface area (Å²) in [6.45, 7) is 0. The first-order valence-electron chi connectivity index (χ1n) is 4.75. The molecule has 1 unspecified atom stereocenters. The van der Waals surface area contributed by atoms with Crippen molar-refractivity contribution in [2.45, 2.75) is 23.9 Å². The van der Waals surface area contributed by atoms with Crippen LogP contribution in [0.15, 0.2) is 6.20 Å². The van der Waals surface area contributed by atoms with Crippen molar-refractivity contribution in [3.63, 3.8) is 0 Å². The summed E-state index contributed by atoms with van der Waals surface area (Å²) in [4.78, 5) is 10.9. The van der Waals surface area contributed by atoms with E-state index in [0.717, 1.165) is 7.05 Å². The monoisotopic (exact) mass is 270 g/mol. The van der Waals surface area contributed by atoms with Gasteiger partial charge in [-0.25, -0.2) is 8.78 Å². The summed E-state index contributed by atoms with van der Waals surface area (Å²) in [7, 11) is 1.11. The van der Waals surface area contributed by atoms with Crippen LogP contribution in [0.2, 0.25) is 0 Å². The van der Waals surface area contributed by atoms with Gasteiger partial charge in [-0.3, -0.25) is 9.48 Å². The minimum absolute atomic E-state index is 0.678. The van der Waals surface area contributed by atoms with Gasteiger partial charge in [0.25, 0.3) is 5.92 Å². The summed E-state index contributed by atoms with van der Waals surface area (Å²) < 4.78 is 64.9. The molecule has 1 aromatic rings. The number of carbonyl (C=O) groups is 1. The third-order valence-corrected chi connectivity index (χ3v) is 2.91. The minimum Gasteiger partial charge on any atom is -0.480 e. The van der Waals surface area contributed by atoms with Gasteiger partial charge in [0, 0.05) is 25.2 Å². The second kappa shape index (κ2) is 3.21. The van der Waals surface area contributed by atoms with Crippen LogP contribution in [-0.4, -0.2) is 26.8 Å². The van der Waals surface area contributed by atoms with Crippen LogP contribution in [0.25, 0.3) is 0 Å². The van der Waals surface area contributed by atoms with Crippen LogP contribution in [0.1, 0.15) is 17.7 Å². The molecule has 1 aromatic heterocycles. The number of carboxylic acids is 1. The number of halogens is 5. The Hall–Kier alpha value is -1.67. The standard InChI is InChI=1S/C9H7F5N2O2/c1-16-2-4(5(15-16)9(12,13)14)7(6(17)18)3-8(7,10)11/h2H,3H2,1H3,(H,17,18). The molecule has 9 heteroatoms. The quantitative estimate of drug-likeness (QED) is 0.834. The Morgan fingerprint density at radius 2 is 2.00 bits per heavy atom. The zero-order chi connectivity index (χ0) is 13.9. The number of aryl methyl sites for hydroxylation is 1. The van der Waals surface area contributed by atoms with E-state index in [9.17, 15) is 26.7 Å². The fraction of sp³-hybridized carbons (Fsp3) is 0.556. The number of aromatic nitrogens is 2. The summed E-state index contributed by atoms with van der Waals surface area (Å²) in [5.74, 6) is -5.67. The normalized spacial score (nSPS) is 26.1. The van der Waals surface area contributed by atoms with Crippen molar-refractivity contribution in [1.82, 2.24) is 9.78 Å². The zero-order valence-corrected chi connectivity index (χ0v) is 8.92. The van der Waals surface area contributed by atoms with E-state index in [-0.39, 0.29) is 0 Å². The lowest BCUT2D eigenvalue weighted by Crippen LogP contribution is -2.29. The molecule has 1 atom stereocenters. The van der Waals surface area contributed by atoms with Gasteiger partial charge in [0.15, 0.2) is 11.1 Å². The molecular formula is C9H7F5N2O2. The van der Waals surface area contributed by atoms with Crippen molar-refractivity contribution < 1.29 is 31.9 Å². The largest absolute Gasteiger partial charge is 0.480 e. The Labute approximate surface area is 97.0 Å². The van der Waals surface area contributed by atoms with Gasteiger partial charge in [-0.05, 0) is 0 Å². The summed E-state index contributed by atoms with van der Waals surface area (Å²) in [5.41, 5.74) is -5.38. The molecule has 1 saturated carbocycles. The summed E-state index contributed by atoms with van der Waals surface area (Å²) in [5, 5.41) is 11.8. The lowest BCUT2D eigenvalue weighted by molar-refractivity contribution is -0.146. The predicted molar refractivity (Wildman–Crippen MR) is 47.1 cm³/mol. The first-order valence-corrected chi connectivity index (χ1v) is 4.75. The number of alkyl halides is 5. The summed E-state index contributed by atoms with van der Waals surface area (Å²) >= 11 is 0. The van der Waals surface area contributed by atoms with Gasteiger partial charge < -0.3 is 5.11 Å². The van der Waals surface area contributed by atoms with E-state index in [4.69, 9.17) is 5.11 Å². The molecule has 1 heterocycles. The first kappa shape index (κ1) is 12.8. The summed E-state index contributed by atoms with van der Waals surface area (Å²) in [6, 6.07) is 0. The molecule has 0 aromatic carbocycles. The number of aliphatic carboxylic acids is 1. The third kappa shape index (κ3) is 1.49. The lowest BCUT2D eigenvalue weighted by atomic mass is 9.95. The van der Waals surface area contributed by atoms with E-state index in [1.165, 1.54) is 0 Å². The number of carboxylic acid groups (broad SMARTS) is 1. The van der Waals surface area contributed by atoms with Crippen LogP contribution in [0.5, 0.6) is 0 Å². The first-order chi connectivity index (χ1) is 8.02. The van der Waals surface area contributed by atoms with Gasteiger partial charge in [-0.15, -0.1) is 0 Å². The maximum Gasteiger partial charge on any atom is 0.435 e. The second-order valence-electron chi connectivity index (χ2n) is 4.15. The fourth-order valence-electron chi connectivity index (χ4n) is 1.94. The molecule has 1 aliphatic rings. The fourth-order valence-corrected chi connectivity index (χ4v) is 1.94. The van der Waals surface area contributed by atoms with Crippen LogP contribution in [0.3, 0.4) is 0 Å².